The van der Waals surface area contributed by atoms with Crippen LogP contribution in [0.3, 0.4) is 0 Å². The quantitative estimate of drug-likeness (QED) is 0.803. The third-order valence-electron chi connectivity index (χ3n) is 3.00. The number of nitrogens with one attached hydrogen (secondary N) is 1. The Bertz CT molecular complexity index is 605. The van der Waals surface area contributed by atoms with E-state index in [1.165, 1.54) is 11.3 Å². The number of thiophene rings is 1. The number of nitrogen functional groups attached to an aromatic ring is 1. The lowest BCUT2D eigenvalue weighted by Crippen LogP contribution is -2.26. The van der Waals surface area contributed by atoms with E-state index in [4.69, 9.17) is 10.8 Å². The second kappa shape index (κ2) is 5.59. The number of hydrogen-bond acceptors (Lipinski definition) is 4. The summed E-state index contributed by atoms with van der Waals surface area (Å²) in [6, 6.07) is 5.88. The van der Waals surface area contributed by atoms with E-state index >= 15 is 0 Å². The largest absolute Gasteiger partial charge is 0.397 e. The van der Waals surface area contributed by atoms with Gasteiger partial charge < -0.3 is 16.2 Å². The molecule has 4 N–H and O–H groups in total. The van der Waals surface area contributed by atoms with Gasteiger partial charge in [-0.25, -0.2) is 0 Å². The maximum absolute atomic E-state index is 12.1. The molecule has 0 aliphatic heterocycles. The Morgan fingerprint density at radius 2 is 2.26 bits per heavy atom. The summed E-state index contributed by atoms with van der Waals surface area (Å²) in [5, 5.41) is 12.9. The van der Waals surface area contributed by atoms with Crippen LogP contribution in [0.1, 0.15) is 28.6 Å². The van der Waals surface area contributed by atoms with E-state index in [9.17, 15) is 4.79 Å². The van der Waals surface area contributed by atoms with Gasteiger partial charge in [-0.05, 0) is 25.8 Å². The summed E-state index contributed by atoms with van der Waals surface area (Å²) in [4.78, 5) is 12.6. The standard InChI is InChI=1S/C14H18N2O2S/c1-8-4-3-5-10-11(15)13(19-12(8)10)14(18)16-7-6-9(2)17/h3-5,9,17H,6-7,15H2,1-2H3,(H,16,18). The van der Waals surface area contributed by atoms with E-state index in [2.05, 4.69) is 5.32 Å². The molecule has 0 radical (unpaired) electrons. The Labute approximate surface area is 116 Å². The van der Waals surface area contributed by atoms with E-state index in [1.54, 1.807) is 6.92 Å². The Kier molecular flexibility index (Phi) is 4.07. The summed E-state index contributed by atoms with van der Waals surface area (Å²) < 4.78 is 1.06. The van der Waals surface area contributed by atoms with Crippen molar-refractivity contribution in [1.82, 2.24) is 5.32 Å². The third-order valence-corrected chi connectivity index (χ3v) is 4.36. The number of fused-ring (bicyclic) bond motifs is 1. The van der Waals surface area contributed by atoms with Crippen molar-refractivity contribution in [3.63, 3.8) is 0 Å². The van der Waals surface area contributed by atoms with Gasteiger partial charge in [-0.1, -0.05) is 18.2 Å². The van der Waals surface area contributed by atoms with Crippen molar-refractivity contribution in [3.05, 3.63) is 28.6 Å². The number of aliphatic hydroxyl groups excluding tert-OH is 1. The lowest BCUT2D eigenvalue weighted by molar-refractivity contribution is 0.0950. The predicted octanol–water partition coefficient (Wildman–Crippen LogP) is 2.29. The fourth-order valence-corrected chi connectivity index (χ4v) is 3.03. The third kappa shape index (κ3) is 2.88. The molecule has 0 saturated carbocycles. The minimum absolute atomic E-state index is 0.168. The van der Waals surface area contributed by atoms with Crippen LogP contribution in [0.25, 0.3) is 10.1 Å². The van der Waals surface area contributed by atoms with Crippen LogP contribution in [0, 0.1) is 6.92 Å². The van der Waals surface area contributed by atoms with Gasteiger partial charge in [-0.3, -0.25) is 4.79 Å². The lowest BCUT2D eigenvalue weighted by Gasteiger charge is -2.05. The van der Waals surface area contributed by atoms with Crippen molar-refractivity contribution < 1.29 is 9.90 Å². The first-order valence-corrected chi connectivity index (χ1v) is 7.06. The highest BCUT2D eigenvalue weighted by Gasteiger charge is 2.16. The second-order valence-corrected chi connectivity index (χ2v) is 5.71. The number of anilines is 1. The van der Waals surface area contributed by atoms with Crippen LogP contribution in [-0.4, -0.2) is 23.7 Å². The summed E-state index contributed by atoms with van der Waals surface area (Å²) in [5.74, 6) is -0.168. The maximum atomic E-state index is 12.1. The van der Waals surface area contributed by atoms with Gasteiger partial charge in [0.2, 0.25) is 0 Å². The molecule has 1 aromatic heterocycles. The van der Waals surface area contributed by atoms with Gasteiger partial charge in [0.05, 0.1) is 11.8 Å². The minimum atomic E-state index is -0.415. The molecule has 2 rings (SSSR count). The van der Waals surface area contributed by atoms with Gasteiger partial charge in [-0.15, -0.1) is 11.3 Å². The van der Waals surface area contributed by atoms with Crippen LogP contribution >= 0.6 is 11.3 Å². The topological polar surface area (TPSA) is 75.4 Å². The highest BCUT2D eigenvalue weighted by atomic mass is 32.1. The zero-order chi connectivity index (χ0) is 14.0. The molecule has 0 saturated heterocycles. The monoisotopic (exact) mass is 278 g/mol. The van der Waals surface area contributed by atoms with E-state index < -0.39 is 6.10 Å². The number of carbonyl (C=O) groups is 1. The van der Waals surface area contributed by atoms with Crippen molar-refractivity contribution in [2.24, 2.45) is 0 Å². The lowest BCUT2D eigenvalue weighted by atomic mass is 10.1. The van der Waals surface area contributed by atoms with Crippen LogP contribution in [0.4, 0.5) is 5.69 Å². The molecule has 0 fully saturated rings. The molecule has 0 spiro atoms. The molecule has 0 aliphatic rings. The van der Waals surface area contributed by atoms with Crippen LogP contribution in [0.15, 0.2) is 18.2 Å². The number of amides is 1. The molecule has 4 nitrogen and oxygen atoms in total. The van der Waals surface area contributed by atoms with Crippen molar-refractivity contribution >= 4 is 33.0 Å². The molecule has 19 heavy (non-hydrogen) atoms. The Morgan fingerprint density at radius 1 is 1.53 bits per heavy atom. The molecular weight excluding hydrogens is 260 g/mol. The number of aryl methyl sites for hydroxylation is 1. The molecule has 1 amide bonds. The zero-order valence-electron chi connectivity index (χ0n) is 11.1. The Morgan fingerprint density at radius 3 is 2.89 bits per heavy atom. The normalized spacial score (nSPS) is 12.6. The molecule has 2 aromatic rings. The second-order valence-electron chi connectivity index (χ2n) is 4.69. The summed E-state index contributed by atoms with van der Waals surface area (Å²) in [6.45, 7) is 4.15. The van der Waals surface area contributed by atoms with Crippen LogP contribution in [-0.2, 0) is 0 Å². The average molecular weight is 278 g/mol. The van der Waals surface area contributed by atoms with Crippen molar-refractivity contribution in [2.75, 3.05) is 12.3 Å². The average Bonchev–Trinajstić information content (AvgIpc) is 2.68. The SMILES string of the molecule is Cc1cccc2c(N)c(C(=O)NCCC(C)O)sc12. The molecule has 1 unspecified atom stereocenters. The Hall–Kier alpha value is -1.59. The molecule has 0 bridgehead atoms. The number of rotatable bonds is 4. The molecule has 0 aliphatic carbocycles. The van der Waals surface area contributed by atoms with Gasteiger partial charge in [0.1, 0.15) is 4.88 Å². The van der Waals surface area contributed by atoms with Gasteiger partial charge in [0.15, 0.2) is 0 Å². The molecule has 5 heteroatoms. The first-order chi connectivity index (χ1) is 9.00. The van der Waals surface area contributed by atoms with Crippen molar-refractivity contribution in [2.45, 2.75) is 26.4 Å². The number of aliphatic hydroxyl groups is 1. The van der Waals surface area contributed by atoms with Crippen molar-refractivity contribution in [1.29, 1.82) is 0 Å². The Balaban J connectivity index is 2.23. The minimum Gasteiger partial charge on any atom is -0.397 e. The fourth-order valence-electron chi connectivity index (χ4n) is 1.92. The van der Waals surface area contributed by atoms with Crippen molar-refractivity contribution in [3.8, 4) is 0 Å². The molecule has 1 atom stereocenters. The zero-order valence-corrected chi connectivity index (χ0v) is 11.9. The first kappa shape index (κ1) is 13.8. The highest BCUT2D eigenvalue weighted by molar-refractivity contribution is 7.21. The van der Waals surface area contributed by atoms with E-state index in [0.29, 0.717) is 23.5 Å². The van der Waals surface area contributed by atoms with Crippen LogP contribution in [0.2, 0.25) is 0 Å². The molecular formula is C14H18N2O2S. The van der Waals surface area contributed by atoms with E-state index in [1.807, 2.05) is 25.1 Å². The van der Waals surface area contributed by atoms with Gasteiger partial charge >= 0.3 is 0 Å². The predicted molar refractivity (Wildman–Crippen MR) is 79.6 cm³/mol. The van der Waals surface area contributed by atoms with Gasteiger partial charge in [-0.2, -0.15) is 0 Å². The van der Waals surface area contributed by atoms with Gasteiger partial charge in [0.25, 0.3) is 5.91 Å². The molecule has 1 heterocycles. The number of hydrogen-bond donors (Lipinski definition) is 3. The smallest absolute Gasteiger partial charge is 0.263 e. The van der Waals surface area contributed by atoms with E-state index in [0.717, 1.165) is 15.6 Å². The summed E-state index contributed by atoms with van der Waals surface area (Å²) >= 11 is 1.42. The van der Waals surface area contributed by atoms with Gasteiger partial charge in [0, 0.05) is 16.6 Å². The van der Waals surface area contributed by atoms with Crippen LogP contribution in [0.5, 0.6) is 0 Å². The number of benzene rings is 1. The number of carbonyl (C=O) groups excluding carboxylic acids is 1. The summed E-state index contributed by atoms with van der Waals surface area (Å²) in [7, 11) is 0. The number of nitrogens with two attached hydrogens (primary N) is 1. The summed E-state index contributed by atoms with van der Waals surface area (Å²) in [6.07, 6.45) is 0.123. The fraction of sp³-hybridized carbons (Fsp3) is 0.357. The molecule has 102 valence electrons. The first-order valence-electron chi connectivity index (χ1n) is 6.24. The van der Waals surface area contributed by atoms with Crippen LogP contribution < -0.4 is 11.1 Å². The summed E-state index contributed by atoms with van der Waals surface area (Å²) in [5.41, 5.74) is 7.70. The molecule has 1 aromatic carbocycles. The maximum Gasteiger partial charge on any atom is 0.263 e. The van der Waals surface area contributed by atoms with E-state index in [-0.39, 0.29) is 5.91 Å². The highest BCUT2D eigenvalue weighted by Crippen LogP contribution is 2.35.